The summed E-state index contributed by atoms with van der Waals surface area (Å²) < 4.78 is 5.79. The van der Waals surface area contributed by atoms with Crippen molar-refractivity contribution < 1.29 is 9.53 Å². The lowest BCUT2D eigenvalue weighted by atomic mass is 9.94. The van der Waals surface area contributed by atoms with E-state index in [0.29, 0.717) is 6.54 Å². The lowest BCUT2D eigenvalue weighted by Crippen LogP contribution is -2.57. The number of hydrogen-bond donors (Lipinski definition) is 1. The summed E-state index contributed by atoms with van der Waals surface area (Å²) in [6.07, 6.45) is 10.1. The van der Waals surface area contributed by atoms with Gasteiger partial charge in [-0.3, -0.25) is 14.7 Å². The molecule has 1 saturated heterocycles. The molecule has 1 N–H and O–H groups in total. The van der Waals surface area contributed by atoms with Crippen LogP contribution in [0, 0.1) is 0 Å². The molecule has 1 aromatic rings. The highest BCUT2D eigenvalue weighted by molar-refractivity contribution is 5.86. The molecule has 5 heteroatoms. The lowest BCUT2D eigenvalue weighted by Gasteiger charge is -2.37. The smallest absolute Gasteiger partial charge is 0.240 e. The van der Waals surface area contributed by atoms with E-state index in [0.717, 1.165) is 44.5 Å². The van der Waals surface area contributed by atoms with E-state index in [2.05, 4.69) is 15.2 Å². The summed E-state index contributed by atoms with van der Waals surface area (Å²) in [5.74, 6) is 0.933. The van der Waals surface area contributed by atoms with Crippen molar-refractivity contribution in [3.8, 4) is 5.75 Å². The second kappa shape index (κ2) is 7.30. The Morgan fingerprint density at radius 1 is 1.35 bits per heavy atom. The van der Waals surface area contributed by atoms with E-state index < -0.39 is 0 Å². The standard InChI is InChI=1S/C18H27N3O2/c1-15(23-16-7-6-10-19-14-16)13-20-17(22)18(8-2-3-9-18)21-11-4-5-12-21/h6-7,10,14-15H,2-5,8-9,11-13H2,1H3,(H,20,22)/t15-/m1/s1. The minimum atomic E-state index is -0.259. The molecule has 0 bridgehead atoms. The molecule has 0 radical (unpaired) electrons. The van der Waals surface area contributed by atoms with Crippen molar-refractivity contribution in [1.82, 2.24) is 15.2 Å². The van der Waals surface area contributed by atoms with Crippen molar-refractivity contribution in [3.05, 3.63) is 24.5 Å². The first-order chi connectivity index (χ1) is 11.2. The van der Waals surface area contributed by atoms with Crippen molar-refractivity contribution in [1.29, 1.82) is 0 Å². The predicted molar refractivity (Wildman–Crippen MR) is 89.3 cm³/mol. The molecule has 0 aromatic carbocycles. The Morgan fingerprint density at radius 3 is 2.74 bits per heavy atom. The molecule has 1 aliphatic carbocycles. The minimum Gasteiger partial charge on any atom is -0.487 e. The maximum absolute atomic E-state index is 12.9. The molecule has 0 unspecified atom stereocenters. The van der Waals surface area contributed by atoms with Gasteiger partial charge in [-0.2, -0.15) is 0 Å². The van der Waals surface area contributed by atoms with E-state index in [-0.39, 0.29) is 17.6 Å². The number of aromatic nitrogens is 1. The Morgan fingerprint density at radius 2 is 2.09 bits per heavy atom. The number of hydrogen-bond acceptors (Lipinski definition) is 4. The van der Waals surface area contributed by atoms with Gasteiger partial charge in [0.2, 0.25) is 5.91 Å². The molecule has 2 heterocycles. The quantitative estimate of drug-likeness (QED) is 0.875. The molecule has 0 spiro atoms. The fourth-order valence-corrected chi connectivity index (χ4v) is 3.88. The van der Waals surface area contributed by atoms with Gasteiger partial charge in [0.25, 0.3) is 0 Å². The summed E-state index contributed by atoms with van der Waals surface area (Å²) in [5, 5.41) is 3.14. The molecule has 3 rings (SSSR count). The molecule has 126 valence electrons. The molecule has 2 aliphatic rings. The van der Waals surface area contributed by atoms with Gasteiger partial charge in [-0.25, -0.2) is 0 Å². The van der Waals surface area contributed by atoms with E-state index in [1.165, 1.54) is 12.8 Å². The highest BCUT2D eigenvalue weighted by atomic mass is 16.5. The number of amides is 1. The predicted octanol–water partition coefficient (Wildman–Crippen LogP) is 2.37. The van der Waals surface area contributed by atoms with Gasteiger partial charge in [0.1, 0.15) is 17.4 Å². The van der Waals surface area contributed by atoms with Gasteiger partial charge in [-0.15, -0.1) is 0 Å². The van der Waals surface area contributed by atoms with Gasteiger partial charge in [-0.05, 0) is 57.8 Å². The third-order valence-electron chi connectivity index (χ3n) is 5.09. The van der Waals surface area contributed by atoms with E-state index >= 15 is 0 Å². The maximum Gasteiger partial charge on any atom is 0.240 e. The molecule has 1 atom stereocenters. The van der Waals surface area contributed by atoms with Crippen LogP contribution in [0.1, 0.15) is 45.4 Å². The van der Waals surface area contributed by atoms with Crippen molar-refractivity contribution in [2.45, 2.75) is 57.1 Å². The number of likely N-dealkylation sites (tertiary alicyclic amines) is 1. The normalized spacial score (nSPS) is 22.0. The molecule has 5 nitrogen and oxygen atoms in total. The third kappa shape index (κ3) is 3.66. The van der Waals surface area contributed by atoms with Crippen LogP contribution in [0.3, 0.4) is 0 Å². The Kier molecular flexibility index (Phi) is 5.16. The molecular formula is C18H27N3O2. The second-order valence-electron chi connectivity index (χ2n) is 6.76. The van der Waals surface area contributed by atoms with Gasteiger partial charge >= 0.3 is 0 Å². The Hall–Kier alpha value is -1.62. The highest BCUT2D eigenvalue weighted by Crippen LogP contribution is 2.37. The van der Waals surface area contributed by atoms with Gasteiger partial charge in [0.05, 0.1) is 12.7 Å². The fourth-order valence-electron chi connectivity index (χ4n) is 3.88. The SMILES string of the molecule is C[C@H](CNC(=O)C1(N2CCCC2)CCCC1)Oc1cccnc1. The molecular weight excluding hydrogens is 290 g/mol. The summed E-state index contributed by atoms with van der Waals surface area (Å²) in [4.78, 5) is 19.3. The lowest BCUT2D eigenvalue weighted by molar-refractivity contribution is -0.133. The Balaban J connectivity index is 1.55. The number of ether oxygens (including phenoxy) is 1. The van der Waals surface area contributed by atoms with Crippen molar-refractivity contribution in [3.63, 3.8) is 0 Å². The van der Waals surface area contributed by atoms with Crippen LogP contribution in [0.5, 0.6) is 5.75 Å². The van der Waals surface area contributed by atoms with Crippen LogP contribution < -0.4 is 10.1 Å². The third-order valence-corrected chi connectivity index (χ3v) is 5.09. The number of carbonyl (C=O) groups excluding carboxylic acids is 1. The van der Waals surface area contributed by atoms with Crippen LogP contribution in [-0.2, 0) is 4.79 Å². The molecule has 1 aliphatic heterocycles. The molecule has 2 fully saturated rings. The van der Waals surface area contributed by atoms with E-state index in [4.69, 9.17) is 4.74 Å². The minimum absolute atomic E-state index is 0.0693. The summed E-state index contributed by atoms with van der Waals surface area (Å²) in [6, 6.07) is 3.73. The molecule has 1 aromatic heterocycles. The number of pyridine rings is 1. The fraction of sp³-hybridized carbons (Fsp3) is 0.667. The number of nitrogens with one attached hydrogen (secondary N) is 1. The zero-order chi connectivity index (χ0) is 16.1. The second-order valence-corrected chi connectivity index (χ2v) is 6.76. The van der Waals surface area contributed by atoms with Gasteiger partial charge < -0.3 is 10.1 Å². The number of rotatable bonds is 6. The van der Waals surface area contributed by atoms with Crippen molar-refractivity contribution in [2.24, 2.45) is 0 Å². The van der Waals surface area contributed by atoms with Crippen LogP contribution in [0.15, 0.2) is 24.5 Å². The largest absolute Gasteiger partial charge is 0.487 e. The number of carbonyl (C=O) groups is 1. The first kappa shape index (κ1) is 16.2. The molecule has 1 saturated carbocycles. The van der Waals surface area contributed by atoms with Crippen molar-refractivity contribution in [2.75, 3.05) is 19.6 Å². The number of nitrogens with zero attached hydrogens (tertiary/aromatic N) is 2. The average molecular weight is 317 g/mol. The van der Waals surface area contributed by atoms with E-state index in [1.54, 1.807) is 12.4 Å². The Labute approximate surface area is 138 Å². The van der Waals surface area contributed by atoms with Crippen LogP contribution in [-0.4, -0.2) is 47.1 Å². The summed E-state index contributed by atoms with van der Waals surface area (Å²) in [6.45, 7) is 4.64. The van der Waals surface area contributed by atoms with E-state index in [9.17, 15) is 4.79 Å². The van der Waals surface area contributed by atoms with Gasteiger partial charge in [-0.1, -0.05) is 12.8 Å². The average Bonchev–Trinajstić information content (AvgIpc) is 3.25. The zero-order valence-corrected chi connectivity index (χ0v) is 14.0. The first-order valence-electron chi connectivity index (χ1n) is 8.81. The van der Waals surface area contributed by atoms with Gasteiger partial charge in [0, 0.05) is 6.20 Å². The highest BCUT2D eigenvalue weighted by Gasteiger charge is 2.46. The topological polar surface area (TPSA) is 54.5 Å². The first-order valence-corrected chi connectivity index (χ1v) is 8.81. The van der Waals surface area contributed by atoms with Crippen LogP contribution in [0.4, 0.5) is 0 Å². The summed E-state index contributed by atoms with van der Waals surface area (Å²) >= 11 is 0. The molecule has 23 heavy (non-hydrogen) atoms. The van der Waals surface area contributed by atoms with Crippen molar-refractivity contribution >= 4 is 5.91 Å². The summed E-state index contributed by atoms with van der Waals surface area (Å²) in [5.41, 5.74) is -0.259. The zero-order valence-electron chi connectivity index (χ0n) is 14.0. The van der Waals surface area contributed by atoms with Crippen LogP contribution in [0.2, 0.25) is 0 Å². The molecule has 1 amide bonds. The van der Waals surface area contributed by atoms with Gasteiger partial charge in [0.15, 0.2) is 0 Å². The maximum atomic E-state index is 12.9. The van der Waals surface area contributed by atoms with Crippen LogP contribution >= 0.6 is 0 Å². The summed E-state index contributed by atoms with van der Waals surface area (Å²) in [7, 11) is 0. The monoisotopic (exact) mass is 317 g/mol. The Bertz CT molecular complexity index is 508. The van der Waals surface area contributed by atoms with E-state index in [1.807, 2.05) is 19.1 Å². The van der Waals surface area contributed by atoms with Crippen LogP contribution in [0.25, 0.3) is 0 Å².